The number of carbonyl (C=O) groups excluding carboxylic acids is 1. The smallest absolute Gasteiger partial charge is 0.277 e. The lowest BCUT2D eigenvalue weighted by Gasteiger charge is -2.04. The Hall–Kier alpha value is -4.20. The van der Waals surface area contributed by atoms with Crippen molar-refractivity contribution in [3.8, 4) is 22.9 Å². The predicted octanol–water partition coefficient (Wildman–Crippen LogP) is 3.80. The topological polar surface area (TPSA) is 81.6 Å². The van der Waals surface area contributed by atoms with E-state index in [1.54, 1.807) is 35.3 Å². The molecular formula is C22H17FN4O3. The molecule has 0 aliphatic carbocycles. The second kappa shape index (κ2) is 8.87. The number of nitrogens with one attached hydrogen (secondary N) is 1. The third-order valence-electron chi connectivity index (χ3n) is 4.08. The van der Waals surface area contributed by atoms with Gasteiger partial charge in [-0.2, -0.15) is 10.2 Å². The Kier molecular flexibility index (Phi) is 5.66. The number of furan rings is 1. The minimum atomic E-state index is -0.481. The van der Waals surface area contributed by atoms with E-state index in [1.165, 1.54) is 24.4 Å². The summed E-state index contributed by atoms with van der Waals surface area (Å²) in [5, 5.41) is 8.54. The lowest BCUT2D eigenvalue weighted by Crippen LogP contribution is -2.24. The molecule has 0 atom stereocenters. The molecule has 1 amide bonds. The van der Waals surface area contributed by atoms with E-state index >= 15 is 0 Å². The molecule has 0 aliphatic rings. The van der Waals surface area contributed by atoms with E-state index in [1.807, 2.05) is 30.3 Å². The van der Waals surface area contributed by atoms with Crippen molar-refractivity contribution in [2.45, 2.75) is 0 Å². The predicted molar refractivity (Wildman–Crippen MR) is 109 cm³/mol. The maximum Gasteiger partial charge on any atom is 0.277 e. The Morgan fingerprint density at radius 3 is 2.80 bits per heavy atom. The van der Waals surface area contributed by atoms with E-state index in [4.69, 9.17) is 9.15 Å². The third-order valence-corrected chi connectivity index (χ3v) is 4.08. The zero-order chi connectivity index (χ0) is 20.8. The zero-order valence-electron chi connectivity index (χ0n) is 15.7. The van der Waals surface area contributed by atoms with Crippen LogP contribution in [0.4, 0.5) is 4.39 Å². The Labute approximate surface area is 171 Å². The first-order valence-electron chi connectivity index (χ1n) is 9.08. The number of hydrogen-bond donors (Lipinski definition) is 1. The van der Waals surface area contributed by atoms with Crippen LogP contribution in [0.15, 0.2) is 88.7 Å². The van der Waals surface area contributed by atoms with Crippen molar-refractivity contribution in [3.63, 3.8) is 0 Å². The average molecular weight is 404 g/mol. The van der Waals surface area contributed by atoms with Crippen LogP contribution in [-0.4, -0.2) is 28.5 Å². The van der Waals surface area contributed by atoms with Crippen molar-refractivity contribution >= 4 is 12.1 Å². The van der Waals surface area contributed by atoms with Gasteiger partial charge < -0.3 is 9.15 Å². The molecule has 8 heteroatoms. The highest BCUT2D eigenvalue weighted by Gasteiger charge is 2.13. The van der Waals surface area contributed by atoms with Gasteiger partial charge in [0.1, 0.15) is 17.3 Å². The molecule has 0 bridgehead atoms. The molecule has 0 saturated heterocycles. The van der Waals surface area contributed by atoms with Crippen LogP contribution in [0.2, 0.25) is 0 Å². The van der Waals surface area contributed by atoms with Gasteiger partial charge in [-0.3, -0.25) is 4.79 Å². The lowest BCUT2D eigenvalue weighted by atomic mass is 10.2. The van der Waals surface area contributed by atoms with Gasteiger partial charge in [-0.05, 0) is 36.4 Å². The van der Waals surface area contributed by atoms with E-state index in [2.05, 4.69) is 15.6 Å². The summed E-state index contributed by atoms with van der Waals surface area (Å²) in [6.07, 6.45) is 4.82. The summed E-state index contributed by atoms with van der Waals surface area (Å²) in [6, 6.07) is 18.7. The SMILES string of the molecule is O=C(COc1cccc(F)c1)N/N=C\c1cn(-c2ccccc2)nc1-c1ccco1. The second-order valence-electron chi connectivity index (χ2n) is 6.23. The molecule has 2 aromatic carbocycles. The van der Waals surface area contributed by atoms with Gasteiger partial charge in [-0.15, -0.1) is 0 Å². The monoisotopic (exact) mass is 404 g/mol. The number of aromatic nitrogens is 2. The van der Waals surface area contributed by atoms with Crippen molar-refractivity contribution in [1.82, 2.24) is 15.2 Å². The van der Waals surface area contributed by atoms with Crippen LogP contribution < -0.4 is 10.2 Å². The van der Waals surface area contributed by atoms with Gasteiger partial charge in [0.2, 0.25) is 0 Å². The highest BCUT2D eigenvalue weighted by molar-refractivity contribution is 5.88. The lowest BCUT2D eigenvalue weighted by molar-refractivity contribution is -0.123. The number of amides is 1. The minimum Gasteiger partial charge on any atom is -0.484 e. The van der Waals surface area contributed by atoms with E-state index in [0.717, 1.165) is 5.69 Å². The average Bonchev–Trinajstić information content (AvgIpc) is 3.43. The van der Waals surface area contributed by atoms with Gasteiger partial charge in [0.05, 0.1) is 18.2 Å². The first-order valence-corrected chi connectivity index (χ1v) is 9.08. The van der Waals surface area contributed by atoms with Gasteiger partial charge in [-0.25, -0.2) is 14.5 Å². The molecule has 150 valence electrons. The van der Waals surface area contributed by atoms with E-state index in [9.17, 15) is 9.18 Å². The number of benzene rings is 2. The summed E-state index contributed by atoms with van der Waals surface area (Å²) in [6.45, 7) is -0.297. The van der Waals surface area contributed by atoms with Gasteiger partial charge in [0, 0.05) is 17.8 Å². The van der Waals surface area contributed by atoms with Gasteiger partial charge >= 0.3 is 0 Å². The van der Waals surface area contributed by atoms with Gasteiger partial charge in [-0.1, -0.05) is 24.3 Å². The zero-order valence-corrected chi connectivity index (χ0v) is 15.7. The second-order valence-corrected chi connectivity index (χ2v) is 6.23. The van der Waals surface area contributed by atoms with Crippen molar-refractivity contribution in [2.75, 3.05) is 6.61 Å². The number of rotatable bonds is 7. The first kappa shape index (κ1) is 19.1. The van der Waals surface area contributed by atoms with Crippen molar-refractivity contribution in [3.05, 3.63) is 90.6 Å². The van der Waals surface area contributed by atoms with Gasteiger partial charge in [0.15, 0.2) is 12.4 Å². The Morgan fingerprint density at radius 1 is 1.17 bits per heavy atom. The van der Waals surface area contributed by atoms with E-state index < -0.39 is 11.7 Å². The van der Waals surface area contributed by atoms with Crippen LogP contribution in [0.1, 0.15) is 5.56 Å². The molecule has 30 heavy (non-hydrogen) atoms. The van der Waals surface area contributed by atoms with E-state index in [0.29, 0.717) is 17.0 Å². The number of ether oxygens (including phenoxy) is 1. The number of carbonyl (C=O) groups is 1. The summed E-state index contributed by atoms with van der Waals surface area (Å²) in [5.41, 5.74) is 4.49. The Balaban J connectivity index is 1.46. The Bertz CT molecular complexity index is 1150. The number of hydrazone groups is 1. The fourth-order valence-corrected chi connectivity index (χ4v) is 2.71. The normalized spacial score (nSPS) is 11.0. The molecule has 0 unspecified atom stereocenters. The molecule has 0 radical (unpaired) electrons. The van der Waals surface area contributed by atoms with Crippen LogP contribution in [0, 0.1) is 5.82 Å². The van der Waals surface area contributed by atoms with Gasteiger partial charge in [0.25, 0.3) is 5.91 Å². The largest absolute Gasteiger partial charge is 0.484 e. The highest BCUT2D eigenvalue weighted by Crippen LogP contribution is 2.23. The summed E-state index contributed by atoms with van der Waals surface area (Å²) >= 11 is 0. The van der Waals surface area contributed by atoms with Crippen LogP contribution in [0.5, 0.6) is 5.75 Å². The van der Waals surface area contributed by atoms with E-state index in [-0.39, 0.29) is 12.4 Å². The molecular weight excluding hydrogens is 387 g/mol. The van der Waals surface area contributed by atoms with Crippen molar-refractivity contribution in [1.29, 1.82) is 0 Å². The quantitative estimate of drug-likeness (QED) is 0.375. The summed E-state index contributed by atoms with van der Waals surface area (Å²) in [7, 11) is 0. The number of halogens is 1. The molecule has 4 aromatic rings. The van der Waals surface area contributed by atoms with Crippen LogP contribution >= 0.6 is 0 Å². The standard InChI is InChI=1S/C22H17FN4O3/c23-17-6-4-9-19(12-17)30-15-21(28)25-24-13-16-14-27(18-7-2-1-3-8-18)26-22(16)20-10-5-11-29-20/h1-14H,15H2,(H,25,28)/b24-13-. The minimum absolute atomic E-state index is 0.262. The molecule has 2 aromatic heterocycles. The highest BCUT2D eigenvalue weighted by atomic mass is 19.1. The molecule has 0 saturated carbocycles. The third kappa shape index (κ3) is 4.61. The molecule has 1 N–H and O–H groups in total. The van der Waals surface area contributed by atoms with Crippen molar-refractivity contribution < 1.29 is 18.3 Å². The van der Waals surface area contributed by atoms with Crippen molar-refractivity contribution in [2.24, 2.45) is 5.10 Å². The van der Waals surface area contributed by atoms with Crippen LogP contribution in [-0.2, 0) is 4.79 Å². The Morgan fingerprint density at radius 2 is 2.03 bits per heavy atom. The number of hydrogen-bond acceptors (Lipinski definition) is 5. The molecule has 2 heterocycles. The molecule has 4 rings (SSSR count). The summed E-state index contributed by atoms with van der Waals surface area (Å²) in [4.78, 5) is 11.9. The summed E-state index contributed by atoms with van der Waals surface area (Å²) < 4.78 is 25.5. The first-order chi connectivity index (χ1) is 14.7. The molecule has 0 spiro atoms. The molecule has 7 nitrogen and oxygen atoms in total. The van der Waals surface area contributed by atoms with Crippen LogP contribution in [0.25, 0.3) is 17.1 Å². The molecule has 0 fully saturated rings. The molecule has 0 aliphatic heterocycles. The maximum absolute atomic E-state index is 13.1. The summed E-state index contributed by atoms with van der Waals surface area (Å²) in [5.74, 6) is -0.0809. The number of para-hydroxylation sites is 1. The number of nitrogens with zero attached hydrogens (tertiary/aromatic N) is 3. The fourth-order valence-electron chi connectivity index (χ4n) is 2.71. The van der Waals surface area contributed by atoms with Crippen LogP contribution in [0.3, 0.4) is 0 Å². The fraction of sp³-hybridized carbons (Fsp3) is 0.0455. The maximum atomic E-state index is 13.1.